The Morgan fingerprint density at radius 3 is 2.68 bits per heavy atom. The minimum Gasteiger partial charge on any atom is -0.496 e. The van der Waals surface area contributed by atoms with Gasteiger partial charge in [-0.2, -0.15) is 0 Å². The number of carbonyl (C=O) groups is 2. The SMILES string of the molecule is COc1cc2c(cc1C/C(=C\c1conc1-c1sc(Cl)cc1C(=O)O)C(=O)O)OCO2. The van der Waals surface area contributed by atoms with E-state index >= 15 is 0 Å². The lowest BCUT2D eigenvalue weighted by atomic mass is 10.0. The number of benzene rings is 1. The summed E-state index contributed by atoms with van der Waals surface area (Å²) in [5.41, 5.74) is 1.02. The molecule has 0 radical (unpaired) electrons. The second-order valence-electron chi connectivity index (χ2n) is 6.39. The Morgan fingerprint density at radius 2 is 2.00 bits per heavy atom. The molecule has 1 aliphatic rings. The van der Waals surface area contributed by atoms with Gasteiger partial charge >= 0.3 is 11.9 Å². The van der Waals surface area contributed by atoms with Crippen LogP contribution in [0.3, 0.4) is 0 Å². The number of rotatable bonds is 7. The molecule has 0 aliphatic carbocycles. The van der Waals surface area contributed by atoms with Crippen molar-refractivity contribution < 1.29 is 38.5 Å². The monoisotopic (exact) mass is 463 g/mol. The molecule has 0 atom stereocenters. The van der Waals surface area contributed by atoms with Crippen LogP contribution in [-0.4, -0.2) is 41.2 Å². The van der Waals surface area contributed by atoms with Crippen LogP contribution in [0.1, 0.15) is 21.5 Å². The number of aromatic nitrogens is 1. The van der Waals surface area contributed by atoms with Crippen molar-refractivity contribution >= 4 is 41.0 Å². The van der Waals surface area contributed by atoms with Gasteiger partial charge in [-0.25, -0.2) is 9.59 Å². The van der Waals surface area contributed by atoms with Crippen molar-refractivity contribution in [2.45, 2.75) is 6.42 Å². The lowest BCUT2D eigenvalue weighted by Gasteiger charge is -2.10. The third kappa shape index (κ3) is 4.07. The number of nitrogens with zero attached hydrogens (tertiary/aromatic N) is 1. The van der Waals surface area contributed by atoms with Crippen molar-refractivity contribution in [2.24, 2.45) is 0 Å². The van der Waals surface area contributed by atoms with Crippen molar-refractivity contribution in [3.63, 3.8) is 0 Å². The first kappa shape index (κ1) is 20.8. The number of hydrogen-bond donors (Lipinski definition) is 2. The molecule has 0 bridgehead atoms. The van der Waals surface area contributed by atoms with Crippen LogP contribution in [-0.2, 0) is 11.2 Å². The lowest BCUT2D eigenvalue weighted by molar-refractivity contribution is -0.132. The molecule has 2 N–H and O–H groups in total. The average Bonchev–Trinajstić information content (AvgIpc) is 3.45. The minimum absolute atomic E-state index is 0.00106. The maximum Gasteiger partial charge on any atom is 0.337 e. The number of halogens is 1. The molecule has 31 heavy (non-hydrogen) atoms. The predicted octanol–water partition coefficient (Wildman–Crippen LogP) is 4.20. The van der Waals surface area contributed by atoms with Crippen molar-refractivity contribution in [1.29, 1.82) is 0 Å². The maximum atomic E-state index is 12.0. The number of aliphatic carboxylic acids is 1. The van der Waals surface area contributed by atoms with E-state index in [2.05, 4.69) is 5.16 Å². The molecule has 0 spiro atoms. The highest BCUT2D eigenvalue weighted by atomic mass is 35.5. The Balaban J connectivity index is 1.74. The highest BCUT2D eigenvalue weighted by molar-refractivity contribution is 7.19. The molecule has 2 aromatic heterocycles. The number of fused-ring (bicyclic) bond motifs is 1. The van der Waals surface area contributed by atoms with Gasteiger partial charge in [-0.15, -0.1) is 11.3 Å². The van der Waals surface area contributed by atoms with Gasteiger partial charge in [0.1, 0.15) is 17.7 Å². The molecule has 160 valence electrons. The molecule has 0 saturated carbocycles. The van der Waals surface area contributed by atoms with E-state index in [0.717, 1.165) is 11.3 Å². The number of aromatic carboxylic acids is 1. The number of carboxylic acid groups (broad SMARTS) is 2. The van der Waals surface area contributed by atoms with Crippen LogP contribution in [0.4, 0.5) is 0 Å². The highest BCUT2D eigenvalue weighted by Gasteiger charge is 2.23. The first-order valence-electron chi connectivity index (χ1n) is 8.75. The molecule has 3 heterocycles. The Bertz CT molecular complexity index is 1210. The summed E-state index contributed by atoms with van der Waals surface area (Å²) >= 11 is 6.98. The fraction of sp³-hybridized carbons (Fsp3) is 0.150. The van der Waals surface area contributed by atoms with Crippen molar-refractivity contribution in [3.8, 4) is 27.8 Å². The van der Waals surface area contributed by atoms with Gasteiger partial charge in [0, 0.05) is 29.2 Å². The standard InChI is InChI=1S/C20H14ClNO8S/c1-27-13-6-15-14(28-8-29-15)4-9(13)2-10(19(23)24)3-11-7-30-22-17(11)18-12(20(25)26)5-16(21)31-18/h3-7H,2,8H2,1H3,(H,23,24)(H,25,26)/b10-3+. The molecule has 11 heteroatoms. The fourth-order valence-electron chi connectivity index (χ4n) is 3.09. The Morgan fingerprint density at radius 1 is 1.26 bits per heavy atom. The van der Waals surface area contributed by atoms with Crippen molar-refractivity contribution in [1.82, 2.24) is 5.16 Å². The molecule has 0 unspecified atom stereocenters. The summed E-state index contributed by atoms with van der Waals surface area (Å²) in [6.45, 7) is 0.0723. The molecular weight excluding hydrogens is 450 g/mol. The van der Waals surface area contributed by atoms with Crippen LogP contribution in [0.2, 0.25) is 4.34 Å². The third-order valence-corrected chi connectivity index (χ3v) is 5.78. The zero-order valence-corrected chi connectivity index (χ0v) is 17.5. The zero-order valence-electron chi connectivity index (χ0n) is 15.9. The number of methoxy groups -OCH3 is 1. The summed E-state index contributed by atoms with van der Waals surface area (Å²) in [5, 5.41) is 23.0. The van der Waals surface area contributed by atoms with Crippen LogP contribution in [0.25, 0.3) is 16.6 Å². The van der Waals surface area contributed by atoms with Crippen LogP contribution in [0.5, 0.6) is 17.2 Å². The smallest absolute Gasteiger partial charge is 0.337 e. The number of hydrogen-bond acceptors (Lipinski definition) is 8. The first-order chi connectivity index (χ1) is 14.9. The summed E-state index contributed by atoms with van der Waals surface area (Å²) in [6, 6.07) is 4.60. The summed E-state index contributed by atoms with van der Waals surface area (Å²) < 4.78 is 21.3. The van der Waals surface area contributed by atoms with Gasteiger partial charge in [-0.05, 0) is 18.2 Å². The van der Waals surface area contributed by atoms with Crippen molar-refractivity contribution in [3.05, 3.63) is 51.1 Å². The van der Waals surface area contributed by atoms with E-state index in [9.17, 15) is 19.8 Å². The molecule has 1 aliphatic heterocycles. The van der Waals surface area contributed by atoms with Crippen LogP contribution in [0, 0.1) is 0 Å². The summed E-state index contributed by atoms with van der Waals surface area (Å²) in [7, 11) is 1.47. The van der Waals surface area contributed by atoms with Crippen LogP contribution in [0.15, 0.2) is 34.6 Å². The molecule has 0 amide bonds. The fourth-order valence-corrected chi connectivity index (χ4v) is 4.31. The van der Waals surface area contributed by atoms with Gasteiger partial charge in [0.05, 0.1) is 21.9 Å². The molecule has 4 rings (SSSR count). The molecule has 3 aromatic rings. The number of thiophene rings is 1. The molecule has 0 saturated heterocycles. The molecule has 1 aromatic carbocycles. The van der Waals surface area contributed by atoms with E-state index in [1.165, 1.54) is 25.5 Å². The second kappa shape index (κ2) is 8.32. The largest absolute Gasteiger partial charge is 0.496 e. The van der Waals surface area contributed by atoms with Crippen molar-refractivity contribution in [2.75, 3.05) is 13.9 Å². The Hall–Kier alpha value is -3.50. The zero-order chi connectivity index (χ0) is 22.1. The maximum absolute atomic E-state index is 12.0. The van der Waals surface area contributed by atoms with E-state index < -0.39 is 11.9 Å². The topological polar surface area (TPSA) is 128 Å². The molecular formula is C20H14ClNO8S. The van der Waals surface area contributed by atoms with Gasteiger partial charge in [-0.1, -0.05) is 16.8 Å². The quantitative estimate of drug-likeness (QED) is 0.495. The van der Waals surface area contributed by atoms with Gasteiger partial charge in [0.15, 0.2) is 11.5 Å². The van der Waals surface area contributed by atoms with E-state index in [1.807, 2.05) is 0 Å². The Labute approximate surface area is 184 Å². The lowest BCUT2D eigenvalue weighted by Crippen LogP contribution is -2.05. The number of carboxylic acids is 2. The summed E-state index contributed by atoms with van der Waals surface area (Å²) in [4.78, 5) is 23.7. The Kier molecular flexibility index (Phi) is 5.57. The van der Waals surface area contributed by atoms with Gasteiger partial charge in [0.2, 0.25) is 6.79 Å². The van der Waals surface area contributed by atoms with E-state index in [1.54, 1.807) is 12.1 Å². The highest BCUT2D eigenvalue weighted by Crippen LogP contribution is 2.40. The van der Waals surface area contributed by atoms with Gasteiger partial charge in [-0.3, -0.25) is 0 Å². The summed E-state index contributed by atoms with van der Waals surface area (Å²) in [6.07, 6.45) is 2.61. The molecule has 0 fully saturated rings. The second-order valence-corrected chi connectivity index (χ2v) is 8.07. The van der Waals surface area contributed by atoms with Gasteiger partial charge < -0.3 is 28.9 Å². The predicted molar refractivity (Wildman–Crippen MR) is 110 cm³/mol. The minimum atomic E-state index is -1.18. The number of ether oxygens (including phenoxy) is 3. The first-order valence-corrected chi connectivity index (χ1v) is 9.94. The van der Waals surface area contributed by atoms with E-state index in [4.69, 9.17) is 30.3 Å². The molecule has 9 nitrogen and oxygen atoms in total. The van der Waals surface area contributed by atoms with Gasteiger partial charge in [0.25, 0.3) is 0 Å². The van der Waals surface area contributed by atoms with E-state index in [0.29, 0.717) is 28.4 Å². The summed E-state index contributed by atoms with van der Waals surface area (Å²) in [5.74, 6) is -0.904. The third-order valence-electron chi connectivity index (χ3n) is 4.51. The normalized spacial score (nSPS) is 12.8. The average molecular weight is 464 g/mol. The van der Waals surface area contributed by atoms with Crippen LogP contribution >= 0.6 is 22.9 Å². The van der Waals surface area contributed by atoms with E-state index in [-0.39, 0.29) is 39.3 Å². The van der Waals surface area contributed by atoms with Crippen LogP contribution < -0.4 is 14.2 Å².